The lowest BCUT2D eigenvalue weighted by molar-refractivity contribution is -0.151. The van der Waals surface area contributed by atoms with Crippen LogP contribution in [-0.2, 0) is 9.47 Å². The SMILES string of the molecule is CSc1nc(C(O)[C@H]2COC(C)(C)O2)co1. The Bertz CT molecular complexity index is 365. The van der Waals surface area contributed by atoms with Crippen molar-refractivity contribution >= 4 is 11.8 Å². The highest BCUT2D eigenvalue weighted by atomic mass is 32.2. The molecule has 1 aliphatic rings. The summed E-state index contributed by atoms with van der Waals surface area (Å²) in [6.07, 6.45) is 2.10. The quantitative estimate of drug-likeness (QED) is 0.816. The first-order valence-corrected chi connectivity index (χ1v) is 6.23. The molecule has 16 heavy (non-hydrogen) atoms. The number of oxazole rings is 1. The molecule has 2 heterocycles. The fraction of sp³-hybridized carbons (Fsp3) is 0.700. The van der Waals surface area contributed by atoms with Crippen LogP contribution >= 0.6 is 11.8 Å². The van der Waals surface area contributed by atoms with E-state index in [1.165, 1.54) is 18.0 Å². The van der Waals surface area contributed by atoms with E-state index in [4.69, 9.17) is 13.9 Å². The first-order chi connectivity index (χ1) is 7.52. The molecule has 1 saturated heterocycles. The maximum Gasteiger partial charge on any atom is 0.255 e. The van der Waals surface area contributed by atoms with Gasteiger partial charge in [0.15, 0.2) is 5.79 Å². The van der Waals surface area contributed by atoms with Gasteiger partial charge in [-0.05, 0) is 20.1 Å². The number of ether oxygens (including phenoxy) is 2. The van der Waals surface area contributed by atoms with Crippen LogP contribution in [0.2, 0.25) is 0 Å². The van der Waals surface area contributed by atoms with Crippen molar-refractivity contribution in [2.24, 2.45) is 0 Å². The van der Waals surface area contributed by atoms with Crippen LogP contribution in [0, 0.1) is 0 Å². The summed E-state index contributed by atoms with van der Waals surface area (Å²) in [6.45, 7) is 3.99. The van der Waals surface area contributed by atoms with Gasteiger partial charge in [-0.2, -0.15) is 0 Å². The van der Waals surface area contributed by atoms with Crippen LogP contribution in [0.15, 0.2) is 15.9 Å². The van der Waals surface area contributed by atoms with Gasteiger partial charge in [-0.1, -0.05) is 11.8 Å². The second-order valence-corrected chi connectivity index (χ2v) is 4.81. The molecule has 6 heteroatoms. The van der Waals surface area contributed by atoms with Crippen molar-refractivity contribution in [2.75, 3.05) is 12.9 Å². The van der Waals surface area contributed by atoms with Crippen LogP contribution in [0.4, 0.5) is 0 Å². The molecule has 0 spiro atoms. The molecule has 0 aliphatic carbocycles. The van der Waals surface area contributed by atoms with Gasteiger partial charge in [0.2, 0.25) is 0 Å². The van der Waals surface area contributed by atoms with E-state index >= 15 is 0 Å². The number of nitrogens with zero attached hydrogens (tertiary/aromatic N) is 1. The third-order valence-electron chi connectivity index (χ3n) is 2.36. The highest BCUT2D eigenvalue weighted by Crippen LogP contribution is 2.30. The molecule has 1 unspecified atom stereocenters. The predicted octanol–water partition coefficient (Wildman–Crippen LogP) is 1.58. The Morgan fingerprint density at radius 1 is 1.62 bits per heavy atom. The fourth-order valence-electron chi connectivity index (χ4n) is 1.56. The van der Waals surface area contributed by atoms with Gasteiger partial charge in [0.25, 0.3) is 5.22 Å². The highest BCUT2D eigenvalue weighted by Gasteiger charge is 2.38. The van der Waals surface area contributed by atoms with Crippen molar-refractivity contribution in [2.45, 2.75) is 37.1 Å². The van der Waals surface area contributed by atoms with Gasteiger partial charge in [-0.15, -0.1) is 0 Å². The van der Waals surface area contributed by atoms with Crippen LogP contribution in [0.3, 0.4) is 0 Å². The first kappa shape index (κ1) is 11.9. The standard InChI is InChI=1S/C10H15NO4S/c1-10(2)14-5-7(15-10)8(12)6-4-13-9(11-6)16-3/h4,7-8,12H,5H2,1-3H3/t7-,8?/m1/s1. The van der Waals surface area contributed by atoms with Gasteiger partial charge in [0.1, 0.15) is 24.2 Å². The topological polar surface area (TPSA) is 64.7 Å². The maximum atomic E-state index is 10.0. The van der Waals surface area contributed by atoms with E-state index in [0.717, 1.165) is 0 Å². The van der Waals surface area contributed by atoms with Gasteiger partial charge in [-0.25, -0.2) is 4.98 Å². The lowest BCUT2D eigenvalue weighted by Crippen LogP contribution is -2.25. The smallest absolute Gasteiger partial charge is 0.255 e. The molecule has 1 aliphatic heterocycles. The Hall–Kier alpha value is -0.560. The Labute approximate surface area is 98.1 Å². The zero-order chi connectivity index (χ0) is 11.8. The van der Waals surface area contributed by atoms with E-state index in [0.29, 0.717) is 17.5 Å². The summed E-state index contributed by atoms with van der Waals surface area (Å²) < 4.78 is 16.1. The van der Waals surface area contributed by atoms with E-state index in [-0.39, 0.29) is 0 Å². The van der Waals surface area contributed by atoms with E-state index < -0.39 is 18.0 Å². The summed E-state index contributed by atoms with van der Waals surface area (Å²) in [5, 5.41) is 10.6. The Morgan fingerprint density at radius 3 is 2.88 bits per heavy atom. The Kier molecular flexibility index (Phi) is 3.25. The molecule has 1 aromatic heterocycles. The summed E-state index contributed by atoms with van der Waals surface area (Å²) in [5.41, 5.74) is 0.482. The monoisotopic (exact) mass is 245 g/mol. The van der Waals surface area contributed by atoms with Crippen molar-refractivity contribution in [3.05, 3.63) is 12.0 Å². The minimum atomic E-state index is -0.813. The molecule has 2 atom stereocenters. The molecule has 2 rings (SSSR count). The van der Waals surface area contributed by atoms with Gasteiger partial charge >= 0.3 is 0 Å². The third-order valence-corrected chi connectivity index (χ3v) is 2.90. The summed E-state index contributed by atoms with van der Waals surface area (Å²) >= 11 is 1.39. The Balaban J connectivity index is 2.05. The van der Waals surface area contributed by atoms with Crippen molar-refractivity contribution in [1.29, 1.82) is 0 Å². The molecule has 0 radical (unpaired) electrons. The second-order valence-electron chi connectivity index (χ2n) is 4.05. The van der Waals surface area contributed by atoms with Crippen molar-refractivity contribution in [1.82, 2.24) is 4.98 Å². The minimum absolute atomic E-state index is 0.357. The molecule has 0 saturated carbocycles. The predicted molar refractivity (Wildman–Crippen MR) is 58.1 cm³/mol. The lowest BCUT2D eigenvalue weighted by Gasteiger charge is -2.19. The second kappa shape index (κ2) is 4.37. The molecule has 1 fully saturated rings. The maximum absolute atomic E-state index is 10.0. The zero-order valence-electron chi connectivity index (χ0n) is 9.47. The first-order valence-electron chi connectivity index (χ1n) is 5.01. The summed E-state index contributed by atoms with van der Waals surface area (Å²) in [7, 11) is 0. The fourth-order valence-corrected chi connectivity index (χ4v) is 1.90. The molecule has 1 aromatic rings. The molecule has 90 valence electrons. The van der Waals surface area contributed by atoms with E-state index in [1.54, 1.807) is 0 Å². The van der Waals surface area contributed by atoms with E-state index in [1.807, 2.05) is 20.1 Å². The van der Waals surface area contributed by atoms with Crippen LogP contribution in [-0.4, -0.2) is 34.8 Å². The Morgan fingerprint density at radius 2 is 2.38 bits per heavy atom. The number of aromatic nitrogens is 1. The van der Waals surface area contributed by atoms with Gasteiger partial charge in [0.05, 0.1) is 6.61 Å². The number of hydrogen-bond donors (Lipinski definition) is 1. The van der Waals surface area contributed by atoms with Gasteiger partial charge in [-0.3, -0.25) is 0 Å². The number of aliphatic hydroxyl groups excluding tert-OH is 1. The molecular weight excluding hydrogens is 230 g/mol. The summed E-state index contributed by atoms with van der Waals surface area (Å²) in [6, 6.07) is 0. The van der Waals surface area contributed by atoms with Crippen LogP contribution in [0.25, 0.3) is 0 Å². The lowest BCUT2D eigenvalue weighted by atomic mass is 10.2. The molecular formula is C10H15NO4S. The average Bonchev–Trinajstić information content (AvgIpc) is 2.83. The average molecular weight is 245 g/mol. The normalized spacial score (nSPS) is 25.9. The minimum Gasteiger partial charge on any atom is -0.440 e. The van der Waals surface area contributed by atoms with Gasteiger partial charge < -0.3 is 19.0 Å². The van der Waals surface area contributed by atoms with Crippen molar-refractivity contribution in [3.63, 3.8) is 0 Å². The molecule has 1 N–H and O–H groups in total. The zero-order valence-corrected chi connectivity index (χ0v) is 10.3. The molecule has 0 amide bonds. The third kappa shape index (κ3) is 2.40. The van der Waals surface area contributed by atoms with E-state index in [2.05, 4.69) is 4.98 Å². The molecule has 0 bridgehead atoms. The van der Waals surface area contributed by atoms with Crippen LogP contribution in [0.1, 0.15) is 25.6 Å². The summed E-state index contributed by atoms with van der Waals surface area (Å²) in [5.74, 6) is -0.641. The van der Waals surface area contributed by atoms with Gasteiger partial charge in [0, 0.05) is 0 Å². The number of thioether (sulfide) groups is 1. The molecule has 5 nitrogen and oxygen atoms in total. The van der Waals surface area contributed by atoms with Crippen molar-refractivity contribution < 1.29 is 19.0 Å². The number of aliphatic hydroxyl groups is 1. The highest BCUT2D eigenvalue weighted by molar-refractivity contribution is 7.98. The van der Waals surface area contributed by atoms with E-state index in [9.17, 15) is 5.11 Å². The molecule has 0 aromatic carbocycles. The van der Waals surface area contributed by atoms with Crippen LogP contribution < -0.4 is 0 Å². The summed E-state index contributed by atoms with van der Waals surface area (Å²) in [4.78, 5) is 4.13. The largest absolute Gasteiger partial charge is 0.440 e. The van der Waals surface area contributed by atoms with Crippen molar-refractivity contribution in [3.8, 4) is 0 Å². The number of hydrogen-bond acceptors (Lipinski definition) is 6. The number of rotatable bonds is 3. The van der Waals surface area contributed by atoms with Crippen LogP contribution in [0.5, 0.6) is 0 Å².